The van der Waals surface area contributed by atoms with Gasteiger partial charge in [0.2, 0.25) is 0 Å². The minimum Gasteiger partial charge on any atom is -0.477 e. The van der Waals surface area contributed by atoms with E-state index in [9.17, 15) is 4.79 Å². The molecule has 5 heteroatoms. The highest BCUT2D eigenvalue weighted by Crippen LogP contribution is 2.41. The van der Waals surface area contributed by atoms with Crippen molar-refractivity contribution < 1.29 is 14.6 Å². The Kier molecular flexibility index (Phi) is 3.71. The van der Waals surface area contributed by atoms with Crippen LogP contribution in [-0.2, 0) is 10.3 Å². The van der Waals surface area contributed by atoms with Crippen LogP contribution in [-0.4, -0.2) is 27.7 Å². The summed E-state index contributed by atoms with van der Waals surface area (Å²) in [6, 6.07) is 0. The minimum absolute atomic E-state index is 0.127. The molecule has 0 amide bonds. The van der Waals surface area contributed by atoms with Gasteiger partial charge in [-0.1, -0.05) is 6.92 Å². The third kappa shape index (κ3) is 2.41. The van der Waals surface area contributed by atoms with Crippen LogP contribution in [0.5, 0.6) is 0 Å². The number of carbonyl (C=O) groups is 1. The van der Waals surface area contributed by atoms with Crippen molar-refractivity contribution in [2.45, 2.75) is 45.1 Å². The summed E-state index contributed by atoms with van der Waals surface area (Å²) >= 11 is 0. The number of hydrogen-bond donors (Lipinski definition) is 2. The van der Waals surface area contributed by atoms with Crippen molar-refractivity contribution in [1.82, 2.24) is 9.97 Å². The van der Waals surface area contributed by atoms with E-state index in [1.165, 1.54) is 6.20 Å². The van der Waals surface area contributed by atoms with E-state index in [4.69, 9.17) is 9.84 Å². The van der Waals surface area contributed by atoms with Gasteiger partial charge in [0.1, 0.15) is 17.1 Å². The van der Waals surface area contributed by atoms with Gasteiger partial charge in [-0.15, -0.1) is 0 Å². The molecule has 1 aromatic rings. The molecule has 1 heterocycles. The van der Waals surface area contributed by atoms with Gasteiger partial charge in [0.25, 0.3) is 0 Å². The SMILES string of the molecule is CCOC1(c2ncc(C(=O)O)[nH]2)CCC(C)CC1. The molecule has 0 aromatic carbocycles. The lowest BCUT2D eigenvalue weighted by Crippen LogP contribution is -2.35. The van der Waals surface area contributed by atoms with Crippen LogP contribution in [0.3, 0.4) is 0 Å². The molecule has 2 N–H and O–H groups in total. The Labute approximate surface area is 107 Å². The van der Waals surface area contributed by atoms with Gasteiger partial charge in [-0.25, -0.2) is 9.78 Å². The predicted molar refractivity (Wildman–Crippen MR) is 66.5 cm³/mol. The lowest BCUT2D eigenvalue weighted by Gasteiger charge is -2.37. The molecule has 0 atom stereocenters. The number of ether oxygens (including phenoxy) is 1. The summed E-state index contributed by atoms with van der Waals surface area (Å²) in [6.07, 6.45) is 5.34. The number of carboxylic acids is 1. The number of nitrogens with zero attached hydrogens (tertiary/aromatic N) is 1. The predicted octanol–water partition coefficient (Wildman–Crippen LogP) is 2.55. The van der Waals surface area contributed by atoms with E-state index in [1.807, 2.05) is 6.92 Å². The highest BCUT2D eigenvalue weighted by molar-refractivity contribution is 5.85. The van der Waals surface area contributed by atoms with Crippen molar-refractivity contribution in [2.75, 3.05) is 6.61 Å². The van der Waals surface area contributed by atoms with Crippen LogP contribution in [0, 0.1) is 5.92 Å². The quantitative estimate of drug-likeness (QED) is 0.863. The standard InChI is InChI=1S/C13H20N2O3/c1-3-18-13(6-4-9(2)5-7-13)12-14-8-10(15-12)11(16)17/h8-9H,3-7H2,1-2H3,(H,14,15)(H,16,17). The molecule has 5 nitrogen and oxygen atoms in total. The van der Waals surface area contributed by atoms with E-state index < -0.39 is 11.6 Å². The molecule has 1 aliphatic rings. The van der Waals surface area contributed by atoms with Crippen LogP contribution in [0.1, 0.15) is 55.8 Å². The molecule has 100 valence electrons. The maximum absolute atomic E-state index is 10.9. The summed E-state index contributed by atoms with van der Waals surface area (Å²) in [5.74, 6) is 0.380. The van der Waals surface area contributed by atoms with Crippen LogP contribution in [0.2, 0.25) is 0 Å². The average Bonchev–Trinajstić information content (AvgIpc) is 2.83. The fraction of sp³-hybridized carbons (Fsp3) is 0.692. The molecule has 0 bridgehead atoms. The molecule has 0 spiro atoms. The van der Waals surface area contributed by atoms with Gasteiger partial charge < -0.3 is 14.8 Å². The van der Waals surface area contributed by atoms with Gasteiger partial charge in [-0.3, -0.25) is 0 Å². The summed E-state index contributed by atoms with van der Waals surface area (Å²) in [5, 5.41) is 8.94. The number of aromatic amines is 1. The Morgan fingerprint density at radius 1 is 1.61 bits per heavy atom. The van der Waals surface area contributed by atoms with Gasteiger partial charge >= 0.3 is 5.97 Å². The van der Waals surface area contributed by atoms with Crippen molar-refractivity contribution in [3.8, 4) is 0 Å². The monoisotopic (exact) mass is 252 g/mol. The van der Waals surface area contributed by atoms with E-state index in [1.54, 1.807) is 0 Å². The first-order valence-electron chi connectivity index (χ1n) is 6.50. The molecular weight excluding hydrogens is 232 g/mol. The summed E-state index contributed by atoms with van der Waals surface area (Å²) in [7, 11) is 0. The largest absolute Gasteiger partial charge is 0.477 e. The second kappa shape index (κ2) is 5.10. The Morgan fingerprint density at radius 3 is 2.78 bits per heavy atom. The number of nitrogens with one attached hydrogen (secondary N) is 1. The van der Waals surface area contributed by atoms with E-state index in [2.05, 4.69) is 16.9 Å². The third-order valence-corrected chi connectivity index (χ3v) is 3.74. The molecule has 1 aromatic heterocycles. The second-order valence-electron chi connectivity index (χ2n) is 5.06. The normalized spacial score (nSPS) is 28.2. The van der Waals surface area contributed by atoms with Gasteiger partial charge in [0.05, 0.1) is 6.20 Å². The first-order chi connectivity index (χ1) is 8.57. The smallest absolute Gasteiger partial charge is 0.353 e. The molecule has 1 fully saturated rings. The number of H-pyrrole nitrogens is 1. The Bertz CT molecular complexity index is 420. The third-order valence-electron chi connectivity index (χ3n) is 3.74. The summed E-state index contributed by atoms with van der Waals surface area (Å²) < 4.78 is 5.91. The zero-order chi connectivity index (χ0) is 13.2. The summed E-state index contributed by atoms with van der Waals surface area (Å²) in [4.78, 5) is 18.0. The molecule has 2 rings (SSSR count). The molecular formula is C13H20N2O3. The molecule has 0 radical (unpaired) electrons. The number of imidazole rings is 1. The minimum atomic E-state index is -0.982. The molecule has 0 aliphatic heterocycles. The summed E-state index contributed by atoms with van der Waals surface area (Å²) in [5.41, 5.74) is -0.294. The zero-order valence-electron chi connectivity index (χ0n) is 10.9. The Morgan fingerprint density at radius 2 is 2.28 bits per heavy atom. The second-order valence-corrected chi connectivity index (χ2v) is 5.06. The van der Waals surface area contributed by atoms with Crippen LogP contribution in [0.15, 0.2) is 6.20 Å². The topological polar surface area (TPSA) is 75.2 Å². The molecule has 18 heavy (non-hydrogen) atoms. The van der Waals surface area contributed by atoms with E-state index in [0.717, 1.165) is 25.7 Å². The maximum Gasteiger partial charge on any atom is 0.353 e. The fourth-order valence-corrected chi connectivity index (χ4v) is 2.62. The maximum atomic E-state index is 10.9. The average molecular weight is 252 g/mol. The van der Waals surface area contributed by atoms with Crippen molar-refractivity contribution in [1.29, 1.82) is 0 Å². The highest BCUT2D eigenvalue weighted by atomic mass is 16.5. The van der Waals surface area contributed by atoms with Crippen LogP contribution < -0.4 is 0 Å². The van der Waals surface area contributed by atoms with E-state index >= 15 is 0 Å². The summed E-state index contributed by atoms with van der Waals surface area (Å²) in [6.45, 7) is 4.80. The van der Waals surface area contributed by atoms with Crippen molar-refractivity contribution in [3.05, 3.63) is 17.7 Å². The Balaban J connectivity index is 2.25. The van der Waals surface area contributed by atoms with E-state index in [-0.39, 0.29) is 5.69 Å². The number of rotatable bonds is 4. The number of aromatic nitrogens is 2. The van der Waals surface area contributed by atoms with Crippen molar-refractivity contribution in [3.63, 3.8) is 0 Å². The molecule has 0 unspecified atom stereocenters. The van der Waals surface area contributed by atoms with E-state index in [0.29, 0.717) is 18.3 Å². The van der Waals surface area contributed by atoms with Gasteiger partial charge in [-0.05, 0) is 38.5 Å². The fourth-order valence-electron chi connectivity index (χ4n) is 2.62. The zero-order valence-corrected chi connectivity index (χ0v) is 10.9. The molecule has 0 saturated heterocycles. The van der Waals surface area contributed by atoms with Gasteiger partial charge in [-0.2, -0.15) is 0 Å². The lowest BCUT2D eigenvalue weighted by molar-refractivity contribution is -0.0832. The van der Waals surface area contributed by atoms with Crippen molar-refractivity contribution in [2.24, 2.45) is 5.92 Å². The van der Waals surface area contributed by atoms with Crippen LogP contribution in [0.25, 0.3) is 0 Å². The number of hydrogen-bond acceptors (Lipinski definition) is 3. The Hall–Kier alpha value is -1.36. The first kappa shape index (κ1) is 13.1. The number of carboxylic acid groups (broad SMARTS) is 1. The highest BCUT2D eigenvalue weighted by Gasteiger charge is 2.39. The first-order valence-corrected chi connectivity index (χ1v) is 6.50. The van der Waals surface area contributed by atoms with Gasteiger partial charge in [0, 0.05) is 6.61 Å². The van der Waals surface area contributed by atoms with Crippen LogP contribution in [0.4, 0.5) is 0 Å². The number of aromatic carboxylic acids is 1. The molecule has 1 saturated carbocycles. The lowest BCUT2D eigenvalue weighted by atomic mass is 9.79. The van der Waals surface area contributed by atoms with Gasteiger partial charge in [0.15, 0.2) is 0 Å². The van der Waals surface area contributed by atoms with Crippen molar-refractivity contribution >= 4 is 5.97 Å². The molecule has 1 aliphatic carbocycles. The van der Waals surface area contributed by atoms with Crippen LogP contribution >= 0.6 is 0 Å².